The van der Waals surface area contributed by atoms with E-state index in [-0.39, 0.29) is 0 Å². The molecule has 0 aliphatic carbocycles. The van der Waals surface area contributed by atoms with Gasteiger partial charge in [0.05, 0.1) is 0 Å². The van der Waals surface area contributed by atoms with Crippen LogP contribution in [0.5, 0.6) is 0 Å². The summed E-state index contributed by atoms with van der Waals surface area (Å²) in [5.74, 6) is 0. The molecular formula is C38H32Br2N2. The van der Waals surface area contributed by atoms with Gasteiger partial charge in [-0.3, -0.25) is 0 Å². The maximum Gasteiger partial charge on any atom is 0.0462 e. The summed E-state index contributed by atoms with van der Waals surface area (Å²) in [7, 11) is 0. The predicted octanol–water partition coefficient (Wildman–Crippen LogP) is 12.5. The first kappa shape index (κ1) is 29.4. The Morgan fingerprint density at radius 3 is 0.833 bits per heavy atom. The molecule has 2 nitrogen and oxygen atoms in total. The molecule has 208 valence electrons. The zero-order valence-electron chi connectivity index (χ0n) is 23.7. The standard InChI is InChI=1S/C19H15Br2N.C19H17N/c1-14-2-8-17(9-3-14)22(18-10-4-15(20)5-11-18)19-12-6-16(21)7-13-19;1-16-12-14-19(15-13-16)20(17-8-4-2-5-9-17)18-10-6-3-7-11-18/h2-13H,1H3;2-15H,1H3. The highest BCUT2D eigenvalue weighted by Gasteiger charge is 2.12. The summed E-state index contributed by atoms with van der Waals surface area (Å²) in [6.07, 6.45) is 0. The van der Waals surface area contributed by atoms with Crippen molar-refractivity contribution in [3.8, 4) is 0 Å². The number of aryl methyl sites for hydroxylation is 2. The summed E-state index contributed by atoms with van der Waals surface area (Å²) >= 11 is 7.00. The summed E-state index contributed by atoms with van der Waals surface area (Å²) in [6, 6.07) is 54.8. The lowest BCUT2D eigenvalue weighted by molar-refractivity contribution is 1.27. The van der Waals surface area contributed by atoms with Gasteiger partial charge in [-0.1, -0.05) is 104 Å². The molecule has 0 saturated carbocycles. The molecule has 0 fully saturated rings. The smallest absolute Gasteiger partial charge is 0.0462 e. The molecule has 0 saturated heterocycles. The predicted molar refractivity (Wildman–Crippen MR) is 187 cm³/mol. The minimum Gasteiger partial charge on any atom is -0.311 e. The first-order chi connectivity index (χ1) is 20.5. The maximum absolute atomic E-state index is 3.50. The first-order valence-corrected chi connectivity index (χ1v) is 15.4. The van der Waals surface area contributed by atoms with E-state index in [9.17, 15) is 0 Å². The quantitative estimate of drug-likeness (QED) is 0.173. The fourth-order valence-corrected chi connectivity index (χ4v) is 5.15. The molecule has 0 radical (unpaired) electrons. The number of nitrogens with zero attached hydrogens (tertiary/aromatic N) is 2. The van der Waals surface area contributed by atoms with Crippen LogP contribution in [-0.4, -0.2) is 0 Å². The molecule has 0 aliphatic rings. The number of rotatable bonds is 6. The molecule has 0 aromatic heterocycles. The largest absolute Gasteiger partial charge is 0.311 e. The van der Waals surface area contributed by atoms with Crippen LogP contribution in [0.4, 0.5) is 34.1 Å². The monoisotopic (exact) mass is 674 g/mol. The van der Waals surface area contributed by atoms with Gasteiger partial charge >= 0.3 is 0 Å². The lowest BCUT2D eigenvalue weighted by Crippen LogP contribution is -2.09. The molecule has 6 rings (SSSR count). The SMILES string of the molecule is Cc1ccc(N(c2ccc(Br)cc2)c2ccc(Br)cc2)cc1.Cc1ccc(N(c2ccccc2)c2ccccc2)cc1. The Labute approximate surface area is 266 Å². The third-order valence-corrected chi connectivity index (χ3v) is 7.84. The minimum absolute atomic E-state index is 1.08. The van der Waals surface area contributed by atoms with Crippen molar-refractivity contribution in [2.75, 3.05) is 9.80 Å². The lowest BCUT2D eigenvalue weighted by atomic mass is 10.1. The number of hydrogen-bond donors (Lipinski definition) is 0. The molecule has 6 aromatic rings. The zero-order chi connectivity index (χ0) is 29.3. The van der Waals surface area contributed by atoms with Crippen LogP contribution in [0.1, 0.15) is 11.1 Å². The van der Waals surface area contributed by atoms with E-state index in [2.05, 4.69) is 201 Å². The summed E-state index contributed by atoms with van der Waals surface area (Å²) < 4.78 is 2.16. The summed E-state index contributed by atoms with van der Waals surface area (Å²) in [5.41, 5.74) is 9.46. The van der Waals surface area contributed by atoms with Gasteiger partial charge in [-0.05, 0) is 111 Å². The second kappa shape index (κ2) is 14.2. The first-order valence-electron chi connectivity index (χ1n) is 13.8. The van der Waals surface area contributed by atoms with Crippen molar-refractivity contribution in [2.24, 2.45) is 0 Å². The van der Waals surface area contributed by atoms with E-state index in [4.69, 9.17) is 0 Å². The van der Waals surface area contributed by atoms with Gasteiger partial charge in [-0.25, -0.2) is 0 Å². The summed E-state index contributed by atoms with van der Waals surface area (Å²) in [4.78, 5) is 4.51. The Morgan fingerprint density at radius 2 is 0.548 bits per heavy atom. The van der Waals surface area contributed by atoms with E-state index < -0.39 is 0 Å². The van der Waals surface area contributed by atoms with E-state index in [0.717, 1.165) is 26.0 Å². The maximum atomic E-state index is 3.50. The molecule has 0 amide bonds. The molecule has 0 bridgehead atoms. The average molecular weight is 676 g/mol. The van der Waals surface area contributed by atoms with Crippen molar-refractivity contribution in [3.05, 3.63) is 178 Å². The normalized spacial score (nSPS) is 10.4. The zero-order valence-corrected chi connectivity index (χ0v) is 26.8. The Balaban J connectivity index is 0.000000169. The molecule has 0 unspecified atom stereocenters. The van der Waals surface area contributed by atoms with Crippen LogP contribution >= 0.6 is 31.9 Å². The fourth-order valence-electron chi connectivity index (χ4n) is 4.62. The van der Waals surface area contributed by atoms with Crippen LogP contribution in [0.2, 0.25) is 0 Å². The van der Waals surface area contributed by atoms with E-state index in [1.807, 2.05) is 12.1 Å². The Hall–Kier alpha value is -4.12. The van der Waals surface area contributed by atoms with Crippen LogP contribution in [0.15, 0.2) is 167 Å². The van der Waals surface area contributed by atoms with Gasteiger partial charge in [0.15, 0.2) is 0 Å². The second-order valence-electron chi connectivity index (χ2n) is 9.97. The number of halogens is 2. The van der Waals surface area contributed by atoms with Gasteiger partial charge in [0.2, 0.25) is 0 Å². The Morgan fingerprint density at radius 1 is 0.310 bits per heavy atom. The molecule has 0 N–H and O–H groups in total. The second-order valence-corrected chi connectivity index (χ2v) is 11.8. The van der Waals surface area contributed by atoms with Crippen molar-refractivity contribution in [2.45, 2.75) is 13.8 Å². The lowest BCUT2D eigenvalue weighted by Gasteiger charge is -2.25. The van der Waals surface area contributed by atoms with Gasteiger partial charge in [-0.2, -0.15) is 0 Å². The van der Waals surface area contributed by atoms with Crippen LogP contribution in [0.3, 0.4) is 0 Å². The molecule has 0 atom stereocenters. The fraction of sp³-hybridized carbons (Fsp3) is 0.0526. The molecular weight excluding hydrogens is 644 g/mol. The molecule has 42 heavy (non-hydrogen) atoms. The van der Waals surface area contributed by atoms with Crippen molar-refractivity contribution >= 4 is 66.0 Å². The third-order valence-electron chi connectivity index (χ3n) is 6.78. The minimum atomic E-state index is 1.08. The van der Waals surface area contributed by atoms with Crippen LogP contribution in [0.25, 0.3) is 0 Å². The number of benzene rings is 6. The van der Waals surface area contributed by atoms with Crippen molar-refractivity contribution in [1.82, 2.24) is 0 Å². The summed E-state index contributed by atoms with van der Waals surface area (Å²) in [5, 5.41) is 0. The third kappa shape index (κ3) is 7.58. The van der Waals surface area contributed by atoms with Crippen LogP contribution in [-0.2, 0) is 0 Å². The van der Waals surface area contributed by atoms with E-state index in [1.54, 1.807) is 0 Å². The number of anilines is 6. The molecule has 0 aliphatic heterocycles. The summed E-state index contributed by atoms with van der Waals surface area (Å²) in [6.45, 7) is 4.21. The van der Waals surface area contributed by atoms with Gasteiger partial charge < -0.3 is 9.80 Å². The molecule has 4 heteroatoms. The van der Waals surface area contributed by atoms with Gasteiger partial charge in [0.25, 0.3) is 0 Å². The number of para-hydroxylation sites is 2. The van der Waals surface area contributed by atoms with Gasteiger partial charge in [-0.15, -0.1) is 0 Å². The van der Waals surface area contributed by atoms with E-state index >= 15 is 0 Å². The van der Waals surface area contributed by atoms with E-state index in [1.165, 1.54) is 28.2 Å². The number of hydrogen-bond acceptors (Lipinski definition) is 2. The van der Waals surface area contributed by atoms with Gasteiger partial charge in [0, 0.05) is 43.1 Å². The Kier molecular flexibility index (Phi) is 9.91. The van der Waals surface area contributed by atoms with Crippen molar-refractivity contribution in [3.63, 3.8) is 0 Å². The molecule has 6 aromatic carbocycles. The highest BCUT2D eigenvalue weighted by molar-refractivity contribution is 9.10. The van der Waals surface area contributed by atoms with E-state index in [0.29, 0.717) is 0 Å². The average Bonchev–Trinajstić information content (AvgIpc) is 3.03. The van der Waals surface area contributed by atoms with Crippen molar-refractivity contribution in [1.29, 1.82) is 0 Å². The highest BCUT2D eigenvalue weighted by atomic mass is 79.9. The Bertz CT molecular complexity index is 1520. The topological polar surface area (TPSA) is 6.48 Å². The molecule has 0 heterocycles. The van der Waals surface area contributed by atoms with Gasteiger partial charge in [0.1, 0.15) is 0 Å². The highest BCUT2D eigenvalue weighted by Crippen LogP contribution is 2.36. The molecule has 0 spiro atoms. The van der Waals surface area contributed by atoms with Crippen LogP contribution < -0.4 is 9.80 Å². The van der Waals surface area contributed by atoms with Crippen LogP contribution in [0, 0.1) is 13.8 Å². The van der Waals surface area contributed by atoms with Crippen molar-refractivity contribution < 1.29 is 0 Å².